The van der Waals surface area contributed by atoms with Gasteiger partial charge in [-0.15, -0.1) is 5.10 Å². The van der Waals surface area contributed by atoms with Crippen molar-refractivity contribution < 1.29 is 4.79 Å². The van der Waals surface area contributed by atoms with Crippen molar-refractivity contribution in [1.29, 1.82) is 0 Å². The molecule has 0 fully saturated rings. The summed E-state index contributed by atoms with van der Waals surface area (Å²) in [7, 11) is 0. The second-order valence-electron chi connectivity index (χ2n) is 5.86. The molecule has 26 heavy (non-hydrogen) atoms. The first kappa shape index (κ1) is 15.9. The maximum atomic E-state index is 12.3. The average Bonchev–Trinajstić information content (AvgIpc) is 3.30. The molecule has 1 N–H and O–H groups in total. The highest BCUT2D eigenvalue weighted by Crippen LogP contribution is 2.15. The Morgan fingerprint density at radius 2 is 1.92 bits per heavy atom. The van der Waals surface area contributed by atoms with Crippen LogP contribution in [-0.4, -0.2) is 42.2 Å². The van der Waals surface area contributed by atoms with Crippen molar-refractivity contribution in [1.82, 2.24) is 35.1 Å². The van der Waals surface area contributed by atoms with Gasteiger partial charge in [0.15, 0.2) is 0 Å². The van der Waals surface area contributed by atoms with Gasteiger partial charge < -0.3 is 9.88 Å². The lowest BCUT2D eigenvalue weighted by molar-refractivity contribution is 0.0952. The number of fused-ring (bicyclic) bond motifs is 1. The van der Waals surface area contributed by atoms with Crippen LogP contribution in [0.2, 0.25) is 0 Å². The largest absolute Gasteiger partial charge is 0.350 e. The number of aromatic nitrogens is 6. The van der Waals surface area contributed by atoms with Crippen molar-refractivity contribution >= 4 is 16.9 Å². The normalized spacial score (nSPS) is 11.0. The summed E-state index contributed by atoms with van der Waals surface area (Å²) in [5.74, 6) is 0.821. The fourth-order valence-corrected chi connectivity index (χ4v) is 2.91. The molecule has 4 aromatic rings. The third-order valence-electron chi connectivity index (χ3n) is 4.21. The van der Waals surface area contributed by atoms with Crippen molar-refractivity contribution in [2.75, 3.05) is 6.54 Å². The van der Waals surface area contributed by atoms with Crippen LogP contribution in [0, 0.1) is 6.92 Å². The molecule has 0 bridgehead atoms. The topological polar surface area (TPSA) is 90.5 Å². The molecule has 0 radical (unpaired) electrons. The van der Waals surface area contributed by atoms with Crippen LogP contribution in [0.1, 0.15) is 16.2 Å². The highest BCUT2D eigenvalue weighted by molar-refractivity contribution is 5.94. The first-order chi connectivity index (χ1) is 12.7. The lowest BCUT2D eigenvalue weighted by Gasteiger charge is -2.09. The fraction of sp³-hybridized carbons (Fsp3) is 0.167. The van der Waals surface area contributed by atoms with Crippen molar-refractivity contribution in [3.05, 3.63) is 66.2 Å². The summed E-state index contributed by atoms with van der Waals surface area (Å²) in [5, 5.41) is 14.0. The van der Waals surface area contributed by atoms with Gasteiger partial charge in [-0.1, -0.05) is 12.1 Å². The van der Waals surface area contributed by atoms with Crippen LogP contribution in [-0.2, 0) is 6.54 Å². The molecule has 0 saturated heterocycles. The molecule has 0 atom stereocenters. The van der Waals surface area contributed by atoms with Crippen LogP contribution >= 0.6 is 0 Å². The Kier molecular flexibility index (Phi) is 4.14. The van der Waals surface area contributed by atoms with Crippen molar-refractivity contribution in [3.63, 3.8) is 0 Å². The van der Waals surface area contributed by atoms with E-state index >= 15 is 0 Å². The number of imidazole rings is 1. The number of rotatable bonds is 5. The van der Waals surface area contributed by atoms with E-state index in [0.717, 1.165) is 22.5 Å². The van der Waals surface area contributed by atoms with Crippen LogP contribution in [0.25, 0.3) is 16.7 Å². The van der Waals surface area contributed by atoms with E-state index in [-0.39, 0.29) is 5.91 Å². The molecule has 2 aromatic carbocycles. The van der Waals surface area contributed by atoms with E-state index in [1.165, 1.54) is 11.0 Å². The van der Waals surface area contributed by atoms with Crippen LogP contribution in [0.4, 0.5) is 0 Å². The predicted molar refractivity (Wildman–Crippen MR) is 96.0 cm³/mol. The van der Waals surface area contributed by atoms with E-state index in [9.17, 15) is 4.79 Å². The number of hydrogen-bond acceptors (Lipinski definition) is 5. The summed E-state index contributed by atoms with van der Waals surface area (Å²) in [6, 6.07) is 15.1. The summed E-state index contributed by atoms with van der Waals surface area (Å²) >= 11 is 0. The number of nitrogens with one attached hydrogen (secondary N) is 1. The van der Waals surface area contributed by atoms with Gasteiger partial charge in [0.05, 0.1) is 16.7 Å². The SMILES string of the molecule is Cc1nc2ccccc2n1CCNC(=O)c1ccc(-n2cnnn2)cc1. The summed E-state index contributed by atoms with van der Waals surface area (Å²) in [6.45, 7) is 3.16. The molecule has 1 amide bonds. The third kappa shape index (κ3) is 3.04. The van der Waals surface area contributed by atoms with Crippen molar-refractivity contribution in [2.45, 2.75) is 13.5 Å². The van der Waals surface area contributed by atoms with Gasteiger partial charge >= 0.3 is 0 Å². The minimum absolute atomic E-state index is 0.115. The molecule has 8 nitrogen and oxygen atoms in total. The minimum Gasteiger partial charge on any atom is -0.350 e. The number of para-hydroxylation sites is 2. The zero-order valence-electron chi connectivity index (χ0n) is 14.2. The smallest absolute Gasteiger partial charge is 0.251 e. The van der Waals surface area contributed by atoms with E-state index in [1.807, 2.05) is 31.2 Å². The van der Waals surface area contributed by atoms with Gasteiger partial charge in [0, 0.05) is 18.7 Å². The van der Waals surface area contributed by atoms with E-state index in [4.69, 9.17) is 0 Å². The van der Waals surface area contributed by atoms with E-state index in [2.05, 4.69) is 30.4 Å². The highest BCUT2D eigenvalue weighted by Gasteiger charge is 2.09. The first-order valence-corrected chi connectivity index (χ1v) is 8.26. The van der Waals surface area contributed by atoms with Gasteiger partial charge in [0.25, 0.3) is 5.91 Å². The zero-order chi connectivity index (χ0) is 17.9. The van der Waals surface area contributed by atoms with Crippen LogP contribution in [0.5, 0.6) is 0 Å². The lowest BCUT2D eigenvalue weighted by Crippen LogP contribution is -2.27. The third-order valence-corrected chi connectivity index (χ3v) is 4.21. The maximum absolute atomic E-state index is 12.3. The van der Waals surface area contributed by atoms with Crippen LogP contribution < -0.4 is 5.32 Å². The molecular weight excluding hydrogens is 330 g/mol. The standard InChI is InChI=1S/C18H17N7O/c1-13-21-16-4-2-3-5-17(16)24(13)11-10-19-18(26)14-6-8-15(9-7-14)25-12-20-22-23-25/h2-9,12H,10-11H2,1H3,(H,19,26). The average molecular weight is 347 g/mol. The van der Waals surface area contributed by atoms with Gasteiger partial charge in [-0.2, -0.15) is 0 Å². The summed E-state index contributed by atoms with van der Waals surface area (Å²) in [5.41, 5.74) is 3.43. The Labute approximate surface area is 149 Å². The van der Waals surface area contributed by atoms with Crippen LogP contribution in [0.15, 0.2) is 54.9 Å². The minimum atomic E-state index is -0.115. The summed E-state index contributed by atoms with van der Waals surface area (Å²) in [4.78, 5) is 16.9. The van der Waals surface area contributed by atoms with Gasteiger partial charge in [0.2, 0.25) is 0 Å². The van der Waals surface area contributed by atoms with Crippen LogP contribution in [0.3, 0.4) is 0 Å². The van der Waals surface area contributed by atoms with Gasteiger partial charge in [-0.3, -0.25) is 4.79 Å². The van der Waals surface area contributed by atoms with E-state index < -0.39 is 0 Å². The molecule has 2 heterocycles. The summed E-state index contributed by atoms with van der Waals surface area (Å²) < 4.78 is 3.64. The Morgan fingerprint density at radius 3 is 2.69 bits per heavy atom. The number of nitrogens with zero attached hydrogens (tertiary/aromatic N) is 6. The lowest BCUT2D eigenvalue weighted by atomic mass is 10.2. The van der Waals surface area contributed by atoms with E-state index in [0.29, 0.717) is 18.7 Å². The number of aryl methyl sites for hydroxylation is 1. The number of carbonyl (C=O) groups excluding carboxylic acids is 1. The number of benzene rings is 2. The zero-order valence-corrected chi connectivity index (χ0v) is 14.2. The molecule has 0 saturated carbocycles. The number of tetrazole rings is 1. The Bertz CT molecular complexity index is 1040. The molecule has 0 aliphatic rings. The Hall–Kier alpha value is -3.55. The predicted octanol–water partition coefficient (Wildman–Crippen LogP) is 1.75. The summed E-state index contributed by atoms with van der Waals surface area (Å²) in [6.07, 6.45) is 1.51. The molecule has 8 heteroatoms. The Morgan fingerprint density at radius 1 is 1.12 bits per heavy atom. The monoisotopic (exact) mass is 347 g/mol. The molecule has 0 unspecified atom stereocenters. The fourth-order valence-electron chi connectivity index (χ4n) is 2.91. The molecule has 2 aromatic heterocycles. The van der Waals surface area contributed by atoms with Gasteiger partial charge in [-0.25, -0.2) is 9.67 Å². The molecule has 4 rings (SSSR count). The maximum Gasteiger partial charge on any atom is 0.251 e. The number of hydrogen-bond donors (Lipinski definition) is 1. The quantitative estimate of drug-likeness (QED) is 0.594. The van der Waals surface area contributed by atoms with Crippen molar-refractivity contribution in [3.8, 4) is 5.69 Å². The molecule has 0 spiro atoms. The first-order valence-electron chi connectivity index (χ1n) is 8.26. The Balaban J connectivity index is 1.40. The van der Waals surface area contributed by atoms with E-state index in [1.54, 1.807) is 24.3 Å². The van der Waals surface area contributed by atoms with Gasteiger partial charge in [0.1, 0.15) is 12.2 Å². The number of carbonyl (C=O) groups is 1. The molecule has 0 aliphatic heterocycles. The highest BCUT2D eigenvalue weighted by atomic mass is 16.1. The second kappa shape index (κ2) is 6.75. The molecular formula is C18H17N7O. The number of amides is 1. The van der Waals surface area contributed by atoms with Crippen molar-refractivity contribution in [2.24, 2.45) is 0 Å². The second-order valence-corrected chi connectivity index (χ2v) is 5.86. The molecule has 130 valence electrons. The molecule has 0 aliphatic carbocycles. The van der Waals surface area contributed by atoms with Gasteiger partial charge in [-0.05, 0) is 53.7 Å².